The third-order valence-corrected chi connectivity index (χ3v) is 2.10. The Morgan fingerprint density at radius 2 is 2.25 bits per heavy atom. The van der Waals surface area contributed by atoms with Gasteiger partial charge in [0.1, 0.15) is 5.82 Å². The summed E-state index contributed by atoms with van der Waals surface area (Å²) in [5.41, 5.74) is 5.99. The number of nitro benzene ring substituents is 1. The van der Waals surface area contributed by atoms with Crippen LogP contribution in [0.25, 0.3) is 11.3 Å². The molecule has 0 saturated heterocycles. The predicted octanol–water partition coefficient (Wildman–Crippen LogP) is 1.71. The van der Waals surface area contributed by atoms with E-state index in [1.807, 2.05) is 0 Å². The van der Waals surface area contributed by atoms with Gasteiger partial charge in [0.2, 0.25) is 0 Å². The first-order valence-electron chi connectivity index (χ1n) is 4.32. The van der Waals surface area contributed by atoms with E-state index in [9.17, 15) is 14.5 Å². The Hall–Kier alpha value is -2.44. The molecule has 0 atom stereocenters. The molecule has 6 nitrogen and oxygen atoms in total. The van der Waals surface area contributed by atoms with Crippen LogP contribution in [0.1, 0.15) is 0 Å². The van der Waals surface area contributed by atoms with E-state index in [1.165, 1.54) is 18.3 Å². The van der Waals surface area contributed by atoms with E-state index in [-0.39, 0.29) is 16.9 Å². The second-order valence-corrected chi connectivity index (χ2v) is 3.12. The van der Waals surface area contributed by atoms with Crippen molar-refractivity contribution in [2.45, 2.75) is 0 Å². The Bertz CT molecular complexity index is 552. The number of aromatic nitrogens is 2. The lowest BCUT2D eigenvalue weighted by molar-refractivity contribution is -0.385. The fraction of sp³-hybridized carbons (Fsp3) is 0. The number of benzene rings is 1. The lowest BCUT2D eigenvalue weighted by atomic mass is 10.1. The number of halogens is 1. The highest BCUT2D eigenvalue weighted by molar-refractivity contribution is 5.72. The summed E-state index contributed by atoms with van der Waals surface area (Å²) in [7, 11) is 0. The van der Waals surface area contributed by atoms with Gasteiger partial charge in [-0.05, 0) is 6.07 Å². The Kier molecular flexibility index (Phi) is 2.28. The summed E-state index contributed by atoms with van der Waals surface area (Å²) in [6.45, 7) is 0. The van der Waals surface area contributed by atoms with Crippen LogP contribution in [-0.2, 0) is 0 Å². The Morgan fingerprint density at radius 1 is 1.50 bits per heavy atom. The molecule has 0 radical (unpaired) electrons. The van der Waals surface area contributed by atoms with Crippen molar-refractivity contribution in [3.63, 3.8) is 0 Å². The SMILES string of the molecule is Nc1cn[nH]c1-c1ccc([N+](=O)[O-])cc1F. The molecule has 0 unspecified atom stereocenters. The normalized spacial score (nSPS) is 10.3. The van der Waals surface area contributed by atoms with E-state index in [0.717, 1.165) is 6.07 Å². The number of nitrogens with one attached hydrogen (secondary N) is 1. The van der Waals surface area contributed by atoms with Crippen LogP contribution in [0.15, 0.2) is 24.4 Å². The highest BCUT2D eigenvalue weighted by atomic mass is 19.1. The van der Waals surface area contributed by atoms with Crippen LogP contribution in [-0.4, -0.2) is 15.1 Å². The first-order chi connectivity index (χ1) is 7.59. The molecule has 0 fully saturated rings. The monoisotopic (exact) mass is 222 g/mol. The predicted molar refractivity (Wildman–Crippen MR) is 55.0 cm³/mol. The van der Waals surface area contributed by atoms with Crippen LogP contribution >= 0.6 is 0 Å². The summed E-state index contributed by atoms with van der Waals surface area (Å²) in [4.78, 5) is 9.75. The number of nitro groups is 1. The number of nitrogen functional groups attached to an aromatic ring is 1. The van der Waals surface area contributed by atoms with Gasteiger partial charge in [-0.25, -0.2) is 4.39 Å². The second kappa shape index (κ2) is 3.61. The molecule has 0 spiro atoms. The lowest BCUT2D eigenvalue weighted by Crippen LogP contribution is -1.93. The molecule has 82 valence electrons. The quantitative estimate of drug-likeness (QED) is 0.596. The van der Waals surface area contributed by atoms with Crippen molar-refractivity contribution in [1.29, 1.82) is 0 Å². The molecule has 0 aliphatic rings. The zero-order valence-corrected chi connectivity index (χ0v) is 7.98. The van der Waals surface area contributed by atoms with Gasteiger partial charge in [0, 0.05) is 11.6 Å². The summed E-state index contributed by atoms with van der Waals surface area (Å²) in [5, 5.41) is 16.6. The number of rotatable bonds is 2. The third kappa shape index (κ3) is 1.58. The number of aromatic amines is 1. The Labute approximate surface area is 89.0 Å². The van der Waals surface area contributed by atoms with Gasteiger partial charge in [0.05, 0.1) is 28.6 Å². The van der Waals surface area contributed by atoms with Gasteiger partial charge in [0.15, 0.2) is 0 Å². The summed E-state index contributed by atoms with van der Waals surface area (Å²) in [6, 6.07) is 3.34. The fourth-order valence-electron chi connectivity index (χ4n) is 1.33. The van der Waals surface area contributed by atoms with Crippen molar-refractivity contribution in [2.24, 2.45) is 0 Å². The topological polar surface area (TPSA) is 97.8 Å². The number of hydrogen-bond acceptors (Lipinski definition) is 4. The number of hydrogen-bond donors (Lipinski definition) is 2. The van der Waals surface area contributed by atoms with E-state index in [2.05, 4.69) is 10.2 Å². The van der Waals surface area contributed by atoms with Crippen molar-refractivity contribution in [2.75, 3.05) is 5.73 Å². The van der Waals surface area contributed by atoms with E-state index >= 15 is 0 Å². The number of non-ortho nitro benzene ring substituents is 1. The highest BCUT2D eigenvalue weighted by Gasteiger charge is 2.14. The molecule has 1 aromatic carbocycles. The first-order valence-corrected chi connectivity index (χ1v) is 4.32. The highest BCUT2D eigenvalue weighted by Crippen LogP contribution is 2.28. The minimum Gasteiger partial charge on any atom is -0.396 e. The van der Waals surface area contributed by atoms with Crippen molar-refractivity contribution in [3.05, 3.63) is 40.3 Å². The average molecular weight is 222 g/mol. The van der Waals surface area contributed by atoms with Gasteiger partial charge in [-0.1, -0.05) is 0 Å². The molecule has 0 aliphatic heterocycles. The van der Waals surface area contributed by atoms with Gasteiger partial charge in [-0.15, -0.1) is 0 Å². The van der Waals surface area contributed by atoms with E-state index in [0.29, 0.717) is 5.69 Å². The maximum Gasteiger partial charge on any atom is 0.272 e. The molecule has 16 heavy (non-hydrogen) atoms. The Morgan fingerprint density at radius 3 is 2.75 bits per heavy atom. The number of H-pyrrole nitrogens is 1. The van der Waals surface area contributed by atoms with Crippen LogP contribution in [0.4, 0.5) is 15.8 Å². The van der Waals surface area contributed by atoms with Gasteiger partial charge < -0.3 is 5.73 Å². The smallest absolute Gasteiger partial charge is 0.272 e. The molecule has 0 saturated carbocycles. The molecular formula is C9H7FN4O2. The van der Waals surface area contributed by atoms with Crippen LogP contribution in [0.2, 0.25) is 0 Å². The molecule has 3 N–H and O–H groups in total. The molecule has 0 bridgehead atoms. The molecule has 0 amide bonds. The first kappa shape index (κ1) is 10.1. The van der Waals surface area contributed by atoms with E-state index in [1.54, 1.807) is 0 Å². The molecule has 0 aliphatic carbocycles. The molecule has 2 aromatic rings. The second-order valence-electron chi connectivity index (χ2n) is 3.12. The molecule has 1 aromatic heterocycles. The van der Waals surface area contributed by atoms with Crippen molar-refractivity contribution in [3.8, 4) is 11.3 Å². The van der Waals surface area contributed by atoms with Crippen molar-refractivity contribution >= 4 is 11.4 Å². The van der Waals surface area contributed by atoms with Gasteiger partial charge in [-0.2, -0.15) is 5.10 Å². The van der Waals surface area contributed by atoms with E-state index < -0.39 is 10.7 Å². The molecule has 7 heteroatoms. The Balaban J connectivity index is 2.52. The van der Waals surface area contributed by atoms with Crippen LogP contribution in [0.3, 0.4) is 0 Å². The maximum atomic E-state index is 13.5. The minimum atomic E-state index is -0.717. The summed E-state index contributed by atoms with van der Waals surface area (Å²) >= 11 is 0. The molecule has 2 rings (SSSR count). The van der Waals surface area contributed by atoms with Gasteiger partial charge in [-0.3, -0.25) is 15.2 Å². The van der Waals surface area contributed by atoms with Crippen LogP contribution < -0.4 is 5.73 Å². The fourth-order valence-corrected chi connectivity index (χ4v) is 1.33. The zero-order chi connectivity index (χ0) is 11.7. The van der Waals surface area contributed by atoms with Crippen LogP contribution in [0, 0.1) is 15.9 Å². The third-order valence-electron chi connectivity index (χ3n) is 2.10. The number of nitrogens with zero attached hydrogens (tertiary/aromatic N) is 2. The summed E-state index contributed by atoms with van der Waals surface area (Å²) < 4.78 is 13.5. The van der Waals surface area contributed by atoms with Crippen LogP contribution in [0.5, 0.6) is 0 Å². The average Bonchev–Trinajstić information content (AvgIpc) is 2.64. The minimum absolute atomic E-state index is 0.153. The van der Waals surface area contributed by atoms with E-state index in [4.69, 9.17) is 5.73 Å². The van der Waals surface area contributed by atoms with Gasteiger partial charge >= 0.3 is 0 Å². The van der Waals surface area contributed by atoms with Crippen molar-refractivity contribution < 1.29 is 9.31 Å². The lowest BCUT2D eigenvalue weighted by Gasteiger charge is -2.01. The largest absolute Gasteiger partial charge is 0.396 e. The maximum absolute atomic E-state index is 13.5. The zero-order valence-electron chi connectivity index (χ0n) is 7.98. The van der Waals surface area contributed by atoms with Gasteiger partial charge in [0.25, 0.3) is 5.69 Å². The van der Waals surface area contributed by atoms with Crippen molar-refractivity contribution in [1.82, 2.24) is 10.2 Å². The standard InChI is InChI=1S/C9H7FN4O2/c10-7-3-5(14(15)16)1-2-6(7)9-8(11)4-12-13-9/h1-4H,11H2,(H,12,13). The summed E-state index contributed by atoms with van der Waals surface area (Å²) in [6.07, 6.45) is 1.34. The molecular weight excluding hydrogens is 215 g/mol. The number of nitrogens with two attached hydrogens (primary N) is 1. The molecule has 1 heterocycles. The summed E-state index contributed by atoms with van der Waals surface area (Å²) in [5.74, 6) is -0.717. The number of anilines is 1.